The summed E-state index contributed by atoms with van der Waals surface area (Å²) in [7, 11) is 0. The summed E-state index contributed by atoms with van der Waals surface area (Å²) in [6.07, 6.45) is 0. The van der Waals surface area contributed by atoms with Crippen molar-refractivity contribution < 1.29 is 8.83 Å². The Morgan fingerprint density at radius 3 is 1.65 bits per heavy atom. The highest BCUT2D eigenvalue weighted by molar-refractivity contribution is 6.22. The van der Waals surface area contributed by atoms with E-state index in [1.165, 1.54) is 0 Å². The Bertz CT molecular complexity index is 2780. The summed E-state index contributed by atoms with van der Waals surface area (Å²) in [4.78, 5) is 14.8. The maximum atomic E-state index is 6.76. The second-order valence-corrected chi connectivity index (χ2v) is 12.0. The normalized spacial score (nSPS) is 11.8. The summed E-state index contributed by atoms with van der Waals surface area (Å²) in [6.45, 7) is 0. The van der Waals surface area contributed by atoms with Gasteiger partial charge in [-0.25, -0.2) is 15.0 Å². The summed E-state index contributed by atoms with van der Waals surface area (Å²) in [5.41, 5.74) is 8.26. The molecule has 10 rings (SSSR count). The SMILES string of the molecule is c1ccc(-c2nc(-c3ccccc3)nc(-c3ccc4c(c3)oc3c5ccccc5cc(-c5ccc6c(c5)oc5ccccc56)c43)n2)cc1. The van der Waals surface area contributed by atoms with Crippen LogP contribution in [0.5, 0.6) is 0 Å². The Hall–Kier alpha value is -6.59. The maximum absolute atomic E-state index is 6.76. The largest absolute Gasteiger partial charge is 0.456 e. The molecule has 0 bridgehead atoms. The van der Waals surface area contributed by atoms with E-state index < -0.39 is 0 Å². The summed E-state index contributed by atoms with van der Waals surface area (Å²) < 4.78 is 13.0. The molecule has 0 saturated heterocycles. The third kappa shape index (κ3) is 4.22. The van der Waals surface area contributed by atoms with Gasteiger partial charge in [-0.1, -0.05) is 115 Å². The van der Waals surface area contributed by atoms with E-state index in [0.717, 1.165) is 82.5 Å². The lowest BCUT2D eigenvalue weighted by molar-refractivity contribution is 0.669. The first-order valence-electron chi connectivity index (χ1n) is 15.9. The average molecular weight is 616 g/mol. The third-order valence-electron chi connectivity index (χ3n) is 9.11. The van der Waals surface area contributed by atoms with Crippen molar-refractivity contribution in [3.05, 3.63) is 152 Å². The zero-order valence-corrected chi connectivity index (χ0v) is 25.6. The van der Waals surface area contributed by atoms with E-state index in [1.807, 2.05) is 78.9 Å². The summed E-state index contributed by atoms with van der Waals surface area (Å²) >= 11 is 0. The first-order chi connectivity index (χ1) is 23.8. The number of hydrogen-bond acceptors (Lipinski definition) is 5. The minimum Gasteiger partial charge on any atom is -0.456 e. The molecular formula is C43H25N3O2. The summed E-state index contributed by atoms with van der Waals surface area (Å²) in [6, 6.07) is 51.6. The maximum Gasteiger partial charge on any atom is 0.164 e. The van der Waals surface area contributed by atoms with Crippen LogP contribution < -0.4 is 0 Å². The molecule has 48 heavy (non-hydrogen) atoms. The van der Waals surface area contributed by atoms with Crippen LogP contribution in [0.2, 0.25) is 0 Å². The summed E-state index contributed by atoms with van der Waals surface area (Å²) in [5, 5.41) is 6.50. The zero-order chi connectivity index (χ0) is 31.6. The smallest absolute Gasteiger partial charge is 0.164 e. The predicted molar refractivity (Wildman–Crippen MR) is 194 cm³/mol. The van der Waals surface area contributed by atoms with Crippen LogP contribution in [0.3, 0.4) is 0 Å². The fraction of sp³-hybridized carbons (Fsp3) is 0. The van der Waals surface area contributed by atoms with Gasteiger partial charge >= 0.3 is 0 Å². The van der Waals surface area contributed by atoms with Crippen molar-refractivity contribution in [2.24, 2.45) is 0 Å². The Morgan fingerprint density at radius 1 is 0.354 bits per heavy atom. The van der Waals surface area contributed by atoms with Crippen LogP contribution in [0.15, 0.2) is 160 Å². The van der Waals surface area contributed by atoms with E-state index in [9.17, 15) is 0 Å². The zero-order valence-electron chi connectivity index (χ0n) is 25.6. The second kappa shape index (κ2) is 10.5. The molecule has 7 aromatic carbocycles. The minimum atomic E-state index is 0.588. The predicted octanol–water partition coefficient (Wildman–Crippen LogP) is 11.5. The van der Waals surface area contributed by atoms with Crippen molar-refractivity contribution in [2.45, 2.75) is 0 Å². The molecular weight excluding hydrogens is 590 g/mol. The molecule has 0 N–H and O–H groups in total. The van der Waals surface area contributed by atoms with Crippen molar-refractivity contribution in [1.82, 2.24) is 15.0 Å². The molecule has 0 fully saturated rings. The van der Waals surface area contributed by atoms with Gasteiger partial charge in [-0.05, 0) is 52.9 Å². The molecule has 224 valence electrons. The molecule has 0 aliphatic carbocycles. The number of para-hydroxylation sites is 1. The van der Waals surface area contributed by atoms with Gasteiger partial charge in [-0.3, -0.25) is 0 Å². The van der Waals surface area contributed by atoms with Gasteiger partial charge in [0.05, 0.1) is 0 Å². The first kappa shape index (κ1) is 26.6. The molecule has 0 atom stereocenters. The molecule has 3 aromatic heterocycles. The van der Waals surface area contributed by atoms with Crippen molar-refractivity contribution in [1.29, 1.82) is 0 Å². The van der Waals surface area contributed by atoms with Crippen molar-refractivity contribution in [3.63, 3.8) is 0 Å². The van der Waals surface area contributed by atoms with Crippen LogP contribution >= 0.6 is 0 Å². The van der Waals surface area contributed by atoms with Gasteiger partial charge in [0.25, 0.3) is 0 Å². The third-order valence-corrected chi connectivity index (χ3v) is 9.11. The minimum absolute atomic E-state index is 0.588. The molecule has 0 unspecified atom stereocenters. The van der Waals surface area contributed by atoms with Crippen LogP contribution in [0.25, 0.3) is 99.9 Å². The fourth-order valence-corrected chi connectivity index (χ4v) is 6.81. The van der Waals surface area contributed by atoms with Gasteiger partial charge in [-0.2, -0.15) is 0 Å². The van der Waals surface area contributed by atoms with E-state index in [4.69, 9.17) is 23.8 Å². The Morgan fingerprint density at radius 2 is 0.896 bits per heavy atom. The molecule has 5 heteroatoms. The van der Waals surface area contributed by atoms with Gasteiger partial charge in [-0.15, -0.1) is 0 Å². The highest BCUT2D eigenvalue weighted by Gasteiger charge is 2.19. The van der Waals surface area contributed by atoms with Crippen LogP contribution in [-0.2, 0) is 0 Å². The quantitative estimate of drug-likeness (QED) is 0.197. The lowest BCUT2D eigenvalue weighted by Gasteiger charge is -2.09. The molecule has 0 radical (unpaired) electrons. The van der Waals surface area contributed by atoms with Gasteiger partial charge in [0.1, 0.15) is 22.3 Å². The first-order valence-corrected chi connectivity index (χ1v) is 15.9. The Kier molecular flexibility index (Phi) is 5.81. The second-order valence-electron chi connectivity index (χ2n) is 12.0. The highest BCUT2D eigenvalue weighted by atomic mass is 16.3. The van der Waals surface area contributed by atoms with E-state index in [2.05, 4.69) is 72.8 Å². The topological polar surface area (TPSA) is 65.0 Å². The molecule has 5 nitrogen and oxygen atoms in total. The number of hydrogen-bond donors (Lipinski definition) is 0. The average Bonchev–Trinajstić information content (AvgIpc) is 3.73. The lowest BCUT2D eigenvalue weighted by Crippen LogP contribution is -2.00. The molecule has 0 saturated carbocycles. The monoisotopic (exact) mass is 615 g/mol. The van der Waals surface area contributed by atoms with Crippen molar-refractivity contribution in [3.8, 4) is 45.3 Å². The fourth-order valence-electron chi connectivity index (χ4n) is 6.81. The van der Waals surface area contributed by atoms with Crippen LogP contribution in [0.4, 0.5) is 0 Å². The number of furan rings is 2. The van der Waals surface area contributed by atoms with Gasteiger partial charge < -0.3 is 8.83 Å². The number of rotatable bonds is 4. The molecule has 10 aromatic rings. The molecule has 0 spiro atoms. The highest BCUT2D eigenvalue weighted by Crippen LogP contribution is 2.43. The number of aromatic nitrogens is 3. The van der Waals surface area contributed by atoms with Crippen LogP contribution in [-0.4, -0.2) is 15.0 Å². The summed E-state index contributed by atoms with van der Waals surface area (Å²) in [5.74, 6) is 1.84. The van der Waals surface area contributed by atoms with Gasteiger partial charge in [0, 0.05) is 43.6 Å². The molecule has 0 aliphatic heterocycles. The van der Waals surface area contributed by atoms with Crippen molar-refractivity contribution in [2.75, 3.05) is 0 Å². The van der Waals surface area contributed by atoms with Gasteiger partial charge in [0.15, 0.2) is 17.5 Å². The molecule has 0 amide bonds. The molecule has 0 aliphatic rings. The van der Waals surface area contributed by atoms with E-state index >= 15 is 0 Å². The Labute approximate surface area is 274 Å². The number of nitrogens with zero attached hydrogens (tertiary/aromatic N) is 3. The molecule has 3 heterocycles. The standard InChI is InChI=1S/C43H25N3O2/c1-3-11-26(12-4-1)41-44-42(27-13-5-2-6-14-27)46-43(45-41)30-20-22-34-38(25-30)48-40-31-16-8-7-15-28(31)23-35(39(34)40)29-19-21-33-32-17-9-10-18-36(32)47-37(33)24-29/h1-25H. The van der Waals surface area contributed by atoms with Gasteiger partial charge in [0.2, 0.25) is 0 Å². The van der Waals surface area contributed by atoms with E-state index in [-0.39, 0.29) is 0 Å². The van der Waals surface area contributed by atoms with Crippen LogP contribution in [0.1, 0.15) is 0 Å². The van der Waals surface area contributed by atoms with E-state index in [0.29, 0.717) is 17.5 Å². The van der Waals surface area contributed by atoms with Crippen LogP contribution in [0, 0.1) is 0 Å². The lowest BCUT2D eigenvalue weighted by atomic mass is 9.94. The van der Waals surface area contributed by atoms with Crippen molar-refractivity contribution >= 4 is 54.6 Å². The number of fused-ring (bicyclic) bond motifs is 8. The Balaban J connectivity index is 1.19. The van der Waals surface area contributed by atoms with E-state index in [1.54, 1.807) is 0 Å². The number of benzene rings is 7.